The molecule has 2 N–H and O–H groups in total. The molecule has 0 bridgehead atoms. The monoisotopic (exact) mass is 443 g/mol. The predicted octanol–water partition coefficient (Wildman–Crippen LogP) is 2.53. The van der Waals surface area contributed by atoms with Crippen molar-refractivity contribution in [2.24, 2.45) is 0 Å². The Morgan fingerprint density at radius 3 is 3.04 bits per heavy atom. The molecule has 1 heterocycles. The van der Waals surface area contributed by atoms with Crippen LogP contribution >= 0.6 is 22.6 Å². The van der Waals surface area contributed by atoms with Crippen LogP contribution in [0.5, 0.6) is 5.75 Å². The molecule has 0 spiro atoms. The fourth-order valence-electron chi connectivity index (χ4n) is 2.76. The van der Waals surface area contributed by atoms with Gasteiger partial charge in [0.15, 0.2) is 6.29 Å². The summed E-state index contributed by atoms with van der Waals surface area (Å²) in [5.41, 5.74) is 1.37. The van der Waals surface area contributed by atoms with Gasteiger partial charge >= 0.3 is 7.12 Å². The van der Waals surface area contributed by atoms with Crippen molar-refractivity contribution in [1.82, 2.24) is 0 Å². The number of nitrogens with zero attached hydrogens (tertiary/aromatic N) is 1. The molecule has 6 nitrogen and oxygen atoms in total. The number of aliphatic hydroxyl groups is 1. The lowest BCUT2D eigenvalue weighted by Gasteiger charge is -2.29. The van der Waals surface area contributed by atoms with Crippen molar-refractivity contribution in [3.8, 4) is 11.8 Å². The molecular weight excluding hydrogens is 424 g/mol. The van der Waals surface area contributed by atoms with E-state index in [2.05, 4.69) is 0 Å². The molecule has 1 aliphatic heterocycles. The highest BCUT2D eigenvalue weighted by atomic mass is 127. The van der Waals surface area contributed by atoms with E-state index in [1.165, 1.54) is 0 Å². The molecule has 2 rings (SSSR count). The minimum atomic E-state index is -1.10. The van der Waals surface area contributed by atoms with E-state index in [4.69, 9.17) is 14.7 Å². The van der Waals surface area contributed by atoms with Crippen LogP contribution in [0.3, 0.4) is 0 Å². The largest absolute Gasteiger partial charge is 0.535 e. The number of fused-ring (bicyclic) bond motifs is 1. The van der Waals surface area contributed by atoms with Gasteiger partial charge in [-0.15, -0.1) is 0 Å². The van der Waals surface area contributed by atoms with Crippen molar-refractivity contribution >= 4 is 35.5 Å². The summed E-state index contributed by atoms with van der Waals surface area (Å²) in [6.07, 6.45) is 0.759. The first-order valence-electron chi connectivity index (χ1n) is 7.77. The van der Waals surface area contributed by atoms with Gasteiger partial charge in [0, 0.05) is 30.6 Å². The maximum atomic E-state index is 11.7. The third-order valence-electron chi connectivity index (χ3n) is 4.05. The maximum Gasteiger partial charge on any atom is 0.526 e. The zero-order valence-electron chi connectivity index (χ0n) is 13.2. The van der Waals surface area contributed by atoms with Crippen molar-refractivity contribution < 1.29 is 24.3 Å². The molecule has 1 unspecified atom stereocenters. The van der Waals surface area contributed by atoms with Gasteiger partial charge in [-0.2, -0.15) is 5.26 Å². The number of rotatable bonds is 8. The van der Waals surface area contributed by atoms with Gasteiger partial charge in [0.1, 0.15) is 16.1 Å². The lowest BCUT2D eigenvalue weighted by Crippen LogP contribution is -2.35. The zero-order chi connectivity index (χ0) is 17.5. The lowest BCUT2D eigenvalue weighted by molar-refractivity contribution is -0.119. The van der Waals surface area contributed by atoms with E-state index < -0.39 is 13.4 Å². The molecule has 1 aliphatic rings. The number of nitriles is 1. The Labute approximate surface area is 155 Å². The molecular formula is C16H19BINO5. The summed E-state index contributed by atoms with van der Waals surface area (Å²) in [4.78, 5) is 11.7. The zero-order valence-corrected chi connectivity index (χ0v) is 15.3. The number of ketones is 1. The van der Waals surface area contributed by atoms with Gasteiger partial charge in [0.05, 0.1) is 6.07 Å². The number of carbonyl (C=O) groups excluding carboxylic acids is 1. The Morgan fingerprint density at radius 2 is 2.33 bits per heavy atom. The average molecular weight is 443 g/mol. The van der Waals surface area contributed by atoms with Gasteiger partial charge in [-0.1, -0.05) is 40.8 Å². The number of halogens is 1. The van der Waals surface area contributed by atoms with E-state index in [-0.39, 0.29) is 24.4 Å². The van der Waals surface area contributed by atoms with Crippen LogP contribution in [-0.2, 0) is 16.0 Å². The smallest absolute Gasteiger partial charge is 0.526 e. The molecule has 1 aromatic carbocycles. The second-order valence-electron chi connectivity index (χ2n) is 5.67. The van der Waals surface area contributed by atoms with Gasteiger partial charge in [-0.3, -0.25) is 4.79 Å². The number of aliphatic hydroxyl groups excluding tert-OH is 1. The third kappa shape index (κ3) is 4.93. The maximum absolute atomic E-state index is 11.7. The normalized spacial score (nSPS) is 17.6. The fraction of sp³-hybridized carbons (Fsp3) is 0.500. The van der Waals surface area contributed by atoms with Gasteiger partial charge < -0.3 is 19.5 Å². The number of benzene rings is 1. The second-order valence-corrected chi connectivity index (χ2v) is 6.29. The second kappa shape index (κ2) is 9.37. The van der Waals surface area contributed by atoms with Crippen molar-refractivity contribution in [3.05, 3.63) is 29.3 Å². The number of hydrogen-bond donors (Lipinski definition) is 2. The molecule has 0 aliphatic carbocycles. The summed E-state index contributed by atoms with van der Waals surface area (Å²) in [7, 11) is -1.03. The Morgan fingerprint density at radius 1 is 1.54 bits per heavy atom. The molecule has 8 heteroatoms. The summed E-state index contributed by atoms with van der Waals surface area (Å²) in [5.74, 6) is 0.282. The highest BCUT2D eigenvalue weighted by molar-refractivity contribution is 14.1. The van der Waals surface area contributed by atoms with E-state index >= 15 is 0 Å². The van der Waals surface area contributed by atoms with Crippen LogP contribution in [-0.4, -0.2) is 27.6 Å². The van der Waals surface area contributed by atoms with Crippen LogP contribution in [0.25, 0.3) is 0 Å². The fourth-order valence-corrected chi connectivity index (χ4v) is 3.11. The van der Waals surface area contributed by atoms with Crippen LogP contribution in [0.15, 0.2) is 18.2 Å². The predicted molar refractivity (Wildman–Crippen MR) is 96.5 cm³/mol. The van der Waals surface area contributed by atoms with Crippen LogP contribution in [0.4, 0.5) is 0 Å². The number of carbonyl (C=O) groups is 1. The highest BCUT2D eigenvalue weighted by Gasteiger charge is 2.36. The summed E-state index contributed by atoms with van der Waals surface area (Å²) < 4.78 is 11.1. The van der Waals surface area contributed by atoms with Crippen molar-refractivity contribution in [2.75, 3.05) is 4.61 Å². The third-order valence-corrected chi connectivity index (χ3v) is 4.41. The molecule has 128 valence electrons. The molecule has 0 aromatic heterocycles. The minimum Gasteiger partial charge on any atom is -0.535 e. The Bertz CT molecular complexity index is 621. The van der Waals surface area contributed by atoms with Gasteiger partial charge in [-0.25, -0.2) is 0 Å². The quantitative estimate of drug-likeness (QED) is 0.278. The van der Waals surface area contributed by atoms with Crippen molar-refractivity contribution in [2.45, 2.75) is 44.2 Å². The summed E-state index contributed by atoms with van der Waals surface area (Å²) >= 11 is 1.99. The Hall–Kier alpha value is -1.15. The average Bonchev–Trinajstić information content (AvgIpc) is 2.57. The van der Waals surface area contributed by atoms with E-state index in [0.717, 1.165) is 5.56 Å². The van der Waals surface area contributed by atoms with Crippen LogP contribution in [0.2, 0.25) is 5.82 Å². The van der Waals surface area contributed by atoms with E-state index in [0.29, 0.717) is 35.2 Å². The molecule has 0 radical (unpaired) electrons. The Balaban J connectivity index is 2.04. The first-order valence-corrected chi connectivity index (χ1v) is 9.30. The molecule has 24 heavy (non-hydrogen) atoms. The van der Waals surface area contributed by atoms with E-state index in [1.807, 2.05) is 40.8 Å². The van der Waals surface area contributed by atoms with E-state index in [9.17, 15) is 14.9 Å². The minimum absolute atomic E-state index is 0.0224. The van der Waals surface area contributed by atoms with Crippen LogP contribution < -0.4 is 4.65 Å². The van der Waals surface area contributed by atoms with Crippen LogP contribution in [0, 0.1) is 11.3 Å². The summed E-state index contributed by atoms with van der Waals surface area (Å²) in [6, 6.07) is 7.35. The first-order chi connectivity index (χ1) is 11.6. The van der Waals surface area contributed by atoms with Crippen molar-refractivity contribution in [3.63, 3.8) is 0 Å². The Kier molecular flexibility index (Phi) is 7.49. The molecule has 0 saturated carbocycles. The summed E-state index contributed by atoms with van der Waals surface area (Å²) in [6.45, 7) is 0. The number of alkyl halides is 1. The lowest BCUT2D eigenvalue weighted by atomic mass is 9.64. The standard InChI is InChI=1S/C16H19BINO5/c18-10-23-16(21)14-5-1-3-11-9-12(17(22)24-15(11)14)6-7-13(20)4-2-8-19/h1,3,5,12,16,21-22H,2,4,6-7,9-10H2/t12-,16?/m0/s1. The van der Waals surface area contributed by atoms with Gasteiger partial charge in [0.25, 0.3) is 0 Å². The van der Waals surface area contributed by atoms with Gasteiger partial charge in [-0.05, 0) is 18.4 Å². The molecule has 2 atom stereocenters. The number of Topliss-reactive ketones (excluding diaryl/α,β-unsaturated/α-hetero) is 1. The van der Waals surface area contributed by atoms with E-state index in [1.54, 1.807) is 6.07 Å². The SMILES string of the molecule is N#CCCC(=O)CC[C@H]1Cc2cccc(C(O)OCI)c2OB1O. The van der Waals surface area contributed by atoms with Crippen molar-refractivity contribution in [1.29, 1.82) is 5.26 Å². The summed E-state index contributed by atoms with van der Waals surface area (Å²) in [5, 5.41) is 28.8. The first kappa shape index (κ1) is 19.2. The molecule has 0 amide bonds. The molecule has 0 saturated heterocycles. The molecule has 0 fully saturated rings. The number of hydrogen-bond acceptors (Lipinski definition) is 6. The molecule has 1 aromatic rings. The number of ether oxygens (including phenoxy) is 1. The topological polar surface area (TPSA) is 99.8 Å². The van der Waals surface area contributed by atoms with Gasteiger partial charge in [0.2, 0.25) is 0 Å². The highest BCUT2D eigenvalue weighted by Crippen LogP contribution is 2.39. The van der Waals surface area contributed by atoms with Crippen LogP contribution in [0.1, 0.15) is 43.1 Å². The number of para-hydroxylation sites is 1.